The van der Waals surface area contributed by atoms with Crippen LogP contribution in [0, 0.1) is 6.92 Å². The van der Waals surface area contributed by atoms with E-state index in [2.05, 4.69) is 15.5 Å². The molecule has 1 aliphatic rings. The van der Waals surface area contributed by atoms with Crippen molar-refractivity contribution in [2.75, 3.05) is 36.5 Å². The van der Waals surface area contributed by atoms with E-state index < -0.39 is 0 Å². The van der Waals surface area contributed by atoms with Crippen molar-refractivity contribution < 1.29 is 9.53 Å². The van der Waals surface area contributed by atoms with Crippen molar-refractivity contribution >= 4 is 34.6 Å². The maximum absolute atomic E-state index is 12.4. The van der Waals surface area contributed by atoms with Crippen molar-refractivity contribution in [1.82, 2.24) is 5.32 Å². The smallest absolute Gasteiger partial charge is 0.257 e. The van der Waals surface area contributed by atoms with Gasteiger partial charge in [-0.3, -0.25) is 10.1 Å². The molecular weight excluding hydrogens is 334 g/mol. The van der Waals surface area contributed by atoms with Crippen LogP contribution in [0.25, 0.3) is 0 Å². The molecular formula is C19H21N3O2S. The lowest BCUT2D eigenvalue weighted by Gasteiger charge is -2.30. The topological polar surface area (TPSA) is 53.6 Å². The van der Waals surface area contributed by atoms with Gasteiger partial charge in [0.2, 0.25) is 0 Å². The zero-order valence-corrected chi connectivity index (χ0v) is 14.9. The van der Waals surface area contributed by atoms with Crippen LogP contribution in [0.3, 0.4) is 0 Å². The zero-order valence-electron chi connectivity index (χ0n) is 14.1. The summed E-state index contributed by atoms with van der Waals surface area (Å²) in [5.74, 6) is -0.209. The largest absolute Gasteiger partial charge is 0.378 e. The second-order valence-corrected chi connectivity index (χ2v) is 6.25. The first-order chi connectivity index (χ1) is 12.1. The second kappa shape index (κ2) is 8.09. The van der Waals surface area contributed by atoms with E-state index in [9.17, 15) is 4.79 Å². The molecule has 25 heavy (non-hydrogen) atoms. The van der Waals surface area contributed by atoms with Gasteiger partial charge in [0, 0.05) is 18.7 Å². The summed E-state index contributed by atoms with van der Waals surface area (Å²) in [5, 5.41) is 6.18. The minimum Gasteiger partial charge on any atom is -0.378 e. The number of anilines is 2. The van der Waals surface area contributed by atoms with Gasteiger partial charge in [-0.15, -0.1) is 0 Å². The summed E-state index contributed by atoms with van der Waals surface area (Å²) in [6, 6.07) is 15.4. The van der Waals surface area contributed by atoms with Crippen molar-refractivity contribution in [2.45, 2.75) is 6.92 Å². The van der Waals surface area contributed by atoms with Gasteiger partial charge in [-0.05, 0) is 42.9 Å². The van der Waals surface area contributed by atoms with Crippen LogP contribution in [0.5, 0.6) is 0 Å². The molecule has 5 nitrogen and oxygen atoms in total. The maximum Gasteiger partial charge on any atom is 0.257 e. The van der Waals surface area contributed by atoms with Gasteiger partial charge >= 0.3 is 0 Å². The zero-order chi connectivity index (χ0) is 17.6. The van der Waals surface area contributed by atoms with Gasteiger partial charge in [0.05, 0.1) is 24.6 Å². The third-order valence-corrected chi connectivity index (χ3v) is 4.32. The molecule has 0 atom stereocenters. The van der Waals surface area contributed by atoms with Crippen LogP contribution in [0.2, 0.25) is 0 Å². The summed E-state index contributed by atoms with van der Waals surface area (Å²) in [6.07, 6.45) is 0. The summed E-state index contributed by atoms with van der Waals surface area (Å²) in [6.45, 7) is 4.99. The number of hydrogen-bond donors (Lipinski definition) is 2. The van der Waals surface area contributed by atoms with Crippen LogP contribution >= 0.6 is 12.2 Å². The Bertz CT molecular complexity index is 773. The van der Waals surface area contributed by atoms with Crippen LogP contribution in [0.4, 0.5) is 11.4 Å². The highest BCUT2D eigenvalue weighted by atomic mass is 32.1. The highest BCUT2D eigenvalue weighted by molar-refractivity contribution is 7.80. The normalized spacial score (nSPS) is 14.0. The predicted octanol–water partition coefficient (Wildman–Crippen LogP) is 2.96. The minimum absolute atomic E-state index is 0.209. The number of carbonyl (C=O) groups excluding carboxylic acids is 1. The van der Waals surface area contributed by atoms with Crippen molar-refractivity contribution in [1.29, 1.82) is 0 Å². The van der Waals surface area contributed by atoms with Gasteiger partial charge in [-0.25, -0.2) is 0 Å². The van der Waals surface area contributed by atoms with Gasteiger partial charge in [-0.2, -0.15) is 0 Å². The Kier molecular flexibility index (Phi) is 5.63. The summed E-state index contributed by atoms with van der Waals surface area (Å²) in [4.78, 5) is 14.6. The Morgan fingerprint density at radius 2 is 1.76 bits per heavy atom. The molecule has 1 heterocycles. The van der Waals surface area contributed by atoms with E-state index in [1.165, 1.54) is 0 Å². The molecule has 2 aromatic rings. The molecule has 1 amide bonds. The molecule has 0 aliphatic carbocycles. The fourth-order valence-corrected chi connectivity index (χ4v) is 3.01. The number of nitrogens with one attached hydrogen (secondary N) is 2. The number of benzene rings is 2. The average Bonchev–Trinajstić information content (AvgIpc) is 2.63. The molecule has 2 N–H and O–H groups in total. The van der Waals surface area contributed by atoms with Crippen molar-refractivity contribution in [3.8, 4) is 0 Å². The van der Waals surface area contributed by atoms with Crippen LogP contribution < -0.4 is 15.5 Å². The van der Waals surface area contributed by atoms with Crippen LogP contribution in [-0.4, -0.2) is 37.3 Å². The lowest BCUT2D eigenvalue weighted by molar-refractivity contribution is 0.0977. The number of para-hydroxylation sites is 2. The lowest BCUT2D eigenvalue weighted by Crippen LogP contribution is -2.38. The molecule has 1 saturated heterocycles. The van der Waals surface area contributed by atoms with Gasteiger partial charge in [-0.1, -0.05) is 30.3 Å². The van der Waals surface area contributed by atoms with Crippen LogP contribution in [-0.2, 0) is 4.74 Å². The van der Waals surface area contributed by atoms with Crippen molar-refractivity contribution in [3.63, 3.8) is 0 Å². The van der Waals surface area contributed by atoms with E-state index in [1.807, 2.05) is 49.4 Å². The van der Waals surface area contributed by atoms with E-state index in [0.29, 0.717) is 18.8 Å². The number of rotatable bonds is 3. The van der Waals surface area contributed by atoms with E-state index >= 15 is 0 Å². The van der Waals surface area contributed by atoms with Gasteiger partial charge in [0.15, 0.2) is 5.11 Å². The lowest BCUT2D eigenvalue weighted by atomic mass is 10.1. The van der Waals surface area contributed by atoms with Crippen LogP contribution in [0.15, 0.2) is 48.5 Å². The average molecular weight is 355 g/mol. The summed E-state index contributed by atoms with van der Waals surface area (Å²) < 4.78 is 5.41. The molecule has 0 bridgehead atoms. The fourth-order valence-electron chi connectivity index (χ4n) is 2.81. The molecule has 6 heteroatoms. The molecule has 3 rings (SSSR count). The van der Waals surface area contributed by atoms with Gasteiger partial charge in [0.1, 0.15) is 0 Å². The molecule has 2 aromatic carbocycles. The Labute approximate surface area is 153 Å². The molecule has 1 fully saturated rings. The minimum atomic E-state index is -0.209. The number of nitrogens with zero attached hydrogens (tertiary/aromatic N) is 1. The number of morpholine rings is 1. The number of aryl methyl sites for hydroxylation is 1. The van der Waals surface area contributed by atoms with Crippen molar-refractivity contribution in [3.05, 3.63) is 59.7 Å². The molecule has 1 aliphatic heterocycles. The van der Waals surface area contributed by atoms with Crippen molar-refractivity contribution in [2.24, 2.45) is 0 Å². The van der Waals surface area contributed by atoms with E-state index in [-0.39, 0.29) is 11.0 Å². The molecule has 0 saturated carbocycles. The first-order valence-corrected chi connectivity index (χ1v) is 8.65. The Morgan fingerprint density at radius 1 is 1.08 bits per heavy atom. The van der Waals surface area contributed by atoms with Gasteiger partial charge in [0.25, 0.3) is 5.91 Å². The Balaban J connectivity index is 1.69. The number of carbonyl (C=O) groups is 1. The highest BCUT2D eigenvalue weighted by Gasteiger charge is 2.16. The number of thiocarbonyl (C=S) groups is 1. The maximum atomic E-state index is 12.4. The molecule has 0 aromatic heterocycles. The predicted molar refractivity (Wildman–Crippen MR) is 104 cm³/mol. The monoisotopic (exact) mass is 355 g/mol. The Morgan fingerprint density at radius 3 is 2.52 bits per heavy atom. The molecule has 0 radical (unpaired) electrons. The quantitative estimate of drug-likeness (QED) is 0.829. The second-order valence-electron chi connectivity index (χ2n) is 5.84. The standard InChI is InChI=1S/C19H21N3O2S/c1-14-6-2-3-7-15(14)18(23)21-19(25)20-16-8-4-5-9-17(16)22-10-12-24-13-11-22/h2-9H,10-13H2,1H3,(H2,20,21,23,25). The number of amides is 1. The summed E-state index contributed by atoms with van der Waals surface area (Å²) >= 11 is 5.33. The highest BCUT2D eigenvalue weighted by Crippen LogP contribution is 2.26. The first-order valence-electron chi connectivity index (χ1n) is 8.25. The summed E-state index contributed by atoms with van der Waals surface area (Å²) in [7, 11) is 0. The number of ether oxygens (including phenoxy) is 1. The molecule has 0 unspecified atom stereocenters. The van der Waals surface area contributed by atoms with Crippen LogP contribution in [0.1, 0.15) is 15.9 Å². The third-order valence-electron chi connectivity index (χ3n) is 4.12. The van der Waals surface area contributed by atoms with Gasteiger partial charge < -0.3 is 15.0 Å². The third kappa shape index (κ3) is 4.35. The van der Waals surface area contributed by atoms with E-state index in [1.54, 1.807) is 6.07 Å². The molecule has 130 valence electrons. The molecule has 0 spiro atoms. The number of hydrogen-bond acceptors (Lipinski definition) is 4. The fraction of sp³-hybridized carbons (Fsp3) is 0.263. The Hall–Kier alpha value is -2.44. The SMILES string of the molecule is Cc1ccccc1C(=O)NC(=S)Nc1ccccc1N1CCOCC1. The van der Waals surface area contributed by atoms with E-state index in [0.717, 1.165) is 30.0 Å². The van der Waals surface area contributed by atoms with E-state index in [4.69, 9.17) is 17.0 Å². The summed E-state index contributed by atoms with van der Waals surface area (Å²) in [5.41, 5.74) is 3.46. The first kappa shape index (κ1) is 17.4.